The normalized spacial score (nSPS) is 11.0. The maximum atomic E-state index is 14.1. The van der Waals surface area contributed by atoms with Crippen LogP contribution in [0.5, 0.6) is 5.75 Å². The molecule has 2 rings (SSSR count). The van der Waals surface area contributed by atoms with E-state index in [1.165, 1.54) is 12.3 Å². The number of aromatic nitrogens is 2. The molecule has 0 radical (unpaired) electrons. The Morgan fingerprint density at radius 2 is 2.18 bits per heavy atom. The largest absolute Gasteiger partial charge is 0.489 e. The van der Waals surface area contributed by atoms with Crippen LogP contribution in [0.3, 0.4) is 0 Å². The van der Waals surface area contributed by atoms with Crippen LogP contribution in [0.1, 0.15) is 30.3 Å². The van der Waals surface area contributed by atoms with Gasteiger partial charge in [0.15, 0.2) is 0 Å². The predicted molar refractivity (Wildman–Crippen MR) is 77.8 cm³/mol. The molecule has 1 aromatic heterocycles. The van der Waals surface area contributed by atoms with E-state index < -0.39 is 12.4 Å². The van der Waals surface area contributed by atoms with Crippen LogP contribution in [0.25, 0.3) is 0 Å². The highest BCUT2D eigenvalue weighted by atomic mass is 19.3. The Kier molecular flexibility index (Phi) is 5.25. The van der Waals surface area contributed by atoms with Gasteiger partial charge in [-0.05, 0) is 24.1 Å². The summed E-state index contributed by atoms with van der Waals surface area (Å²) in [5.74, 6) is -0.0554. The summed E-state index contributed by atoms with van der Waals surface area (Å²) >= 11 is 0. The molecule has 0 aliphatic heterocycles. The molecule has 0 N–H and O–H groups in total. The molecule has 0 fully saturated rings. The highest BCUT2D eigenvalue weighted by Gasteiger charge is 2.17. The highest BCUT2D eigenvalue weighted by Crippen LogP contribution is 2.26. The van der Waals surface area contributed by atoms with E-state index in [9.17, 15) is 13.2 Å². The van der Waals surface area contributed by atoms with Crippen molar-refractivity contribution in [1.29, 1.82) is 0 Å². The second kappa shape index (κ2) is 7.15. The Balaban J connectivity index is 2.35. The zero-order valence-corrected chi connectivity index (χ0v) is 12.2. The van der Waals surface area contributed by atoms with Crippen LogP contribution < -0.4 is 4.74 Å². The van der Waals surface area contributed by atoms with Crippen molar-refractivity contribution in [2.45, 2.75) is 26.3 Å². The van der Waals surface area contributed by atoms with E-state index >= 15 is 0 Å². The molecule has 0 spiro atoms. The van der Waals surface area contributed by atoms with Gasteiger partial charge in [-0.3, -0.25) is 0 Å². The monoisotopic (exact) mass is 310 g/mol. The Morgan fingerprint density at radius 1 is 1.41 bits per heavy atom. The van der Waals surface area contributed by atoms with Gasteiger partial charge in [0.1, 0.15) is 18.2 Å². The van der Waals surface area contributed by atoms with Crippen molar-refractivity contribution < 1.29 is 17.9 Å². The third kappa shape index (κ3) is 3.50. The molecule has 0 aliphatic carbocycles. The molecule has 0 atom stereocenters. The maximum Gasteiger partial charge on any atom is 0.333 e. The Morgan fingerprint density at radius 3 is 2.82 bits per heavy atom. The third-order valence-electron chi connectivity index (χ3n) is 3.23. The molecular formula is C16H17F3N2O. The van der Waals surface area contributed by atoms with Gasteiger partial charge in [-0.25, -0.2) is 9.07 Å². The molecule has 0 aliphatic rings. The van der Waals surface area contributed by atoms with Crippen molar-refractivity contribution in [3.05, 3.63) is 59.7 Å². The average molecular weight is 310 g/mol. The number of aryl methyl sites for hydroxylation is 1. The zero-order valence-electron chi connectivity index (χ0n) is 12.2. The molecule has 22 heavy (non-hydrogen) atoms. The van der Waals surface area contributed by atoms with Crippen LogP contribution in [-0.2, 0) is 12.8 Å². The third-order valence-corrected chi connectivity index (χ3v) is 3.23. The summed E-state index contributed by atoms with van der Waals surface area (Å²) in [5, 5.41) is 3.83. The topological polar surface area (TPSA) is 27.1 Å². The van der Waals surface area contributed by atoms with E-state index in [0.29, 0.717) is 33.7 Å². The Hall–Kier alpha value is -2.24. The number of hydrogen-bond acceptors (Lipinski definition) is 2. The minimum absolute atomic E-state index is 0.148. The average Bonchev–Trinajstić information content (AvgIpc) is 2.91. The van der Waals surface area contributed by atoms with Crippen LogP contribution in [0, 0.1) is 5.82 Å². The minimum Gasteiger partial charge on any atom is -0.489 e. The lowest BCUT2D eigenvalue weighted by atomic mass is 10.0. The molecular weight excluding hydrogens is 293 g/mol. The number of ether oxygens (including phenoxy) is 1. The summed E-state index contributed by atoms with van der Waals surface area (Å²) in [6.07, 6.45) is 3.45. The SMILES string of the molecule is C=CCOc1cccc(F)c1Cc1cn(C(F)F)nc1CC. The fourth-order valence-corrected chi connectivity index (χ4v) is 2.20. The molecule has 0 bridgehead atoms. The first-order valence-corrected chi connectivity index (χ1v) is 6.93. The lowest BCUT2D eigenvalue weighted by Crippen LogP contribution is -2.02. The fourth-order valence-electron chi connectivity index (χ4n) is 2.20. The van der Waals surface area contributed by atoms with Gasteiger partial charge in [-0.15, -0.1) is 0 Å². The molecule has 0 saturated carbocycles. The summed E-state index contributed by atoms with van der Waals surface area (Å²) in [6.45, 7) is 2.90. The van der Waals surface area contributed by atoms with Crippen molar-refractivity contribution in [2.75, 3.05) is 6.61 Å². The standard InChI is InChI=1S/C16H17F3N2O/c1-3-8-22-15-7-5-6-13(17)12(15)9-11-10-21(16(18)19)20-14(11)4-2/h3,5-7,10,16H,1,4,8-9H2,2H3. The molecule has 3 nitrogen and oxygen atoms in total. The van der Waals surface area contributed by atoms with Crippen LogP contribution in [-0.4, -0.2) is 16.4 Å². The van der Waals surface area contributed by atoms with Crippen molar-refractivity contribution in [1.82, 2.24) is 9.78 Å². The van der Waals surface area contributed by atoms with E-state index in [-0.39, 0.29) is 13.0 Å². The van der Waals surface area contributed by atoms with Gasteiger partial charge >= 0.3 is 6.55 Å². The highest BCUT2D eigenvalue weighted by molar-refractivity contribution is 5.39. The predicted octanol–water partition coefficient (Wildman–Crippen LogP) is 4.14. The smallest absolute Gasteiger partial charge is 0.333 e. The van der Waals surface area contributed by atoms with Crippen molar-refractivity contribution in [3.8, 4) is 5.75 Å². The molecule has 1 heterocycles. The van der Waals surface area contributed by atoms with E-state index in [0.717, 1.165) is 0 Å². The van der Waals surface area contributed by atoms with Gasteiger partial charge in [-0.1, -0.05) is 25.6 Å². The van der Waals surface area contributed by atoms with Gasteiger partial charge in [0.2, 0.25) is 0 Å². The van der Waals surface area contributed by atoms with E-state index in [1.807, 2.05) is 6.92 Å². The molecule has 6 heteroatoms. The second-order valence-electron chi connectivity index (χ2n) is 4.71. The van der Waals surface area contributed by atoms with Gasteiger partial charge in [-0.2, -0.15) is 13.9 Å². The summed E-state index contributed by atoms with van der Waals surface area (Å²) in [7, 11) is 0. The fraction of sp³-hybridized carbons (Fsp3) is 0.312. The summed E-state index contributed by atoms with van der Waals surface area (Å²) < 4.78 is 45.6. The van der Waals surface area contributed by atoms with Gasteiger partial charge in [0.05, 0.1) is 5.69 Å². The van der Waals surface area contributed by atoms with Gasteiger partial charge in [0.25, 0.3) is 0 Å². The van der Waals surface area contributed by atoms with Gasteiger partial charge in [0, 0.05) is 18.2 Å². The lowest BCUT2D eigenvalue weighted by Gasteiger charge is -2.11. The molecule has 2 aromatic rings. The summed E-state index contributed by atoms with van der Waals surface area (Å²) in [6, 6.07) is 4.50. The van der Waals surface area contributed by atoms with Crippen molar-refractivity contribution in [3.63, 3.8) is 0 Å². The second-order valence-corrected chi connectivity index (χ2v) is 4.71. The van der Waals surface area contributed by atoms with Crippen LogP contribution in [0.4, 0.5) is 13.2 Å². The molecule has 0 saturated heterocycles. The quantitative estimate of drug-likeness (QED) is 0.719. The summed E-state index contributed by atoms with van der Waals surface area (Å²) in [5.41, 5.74) is 1.42. The first-order chi connectivity index (χ1) is 10.6. The molecule has 118 valence electrons. The lowest BCUT2D eigenvalue weighted by molar-refractivity contribution is 0.0561. The van der Waals surface area contributed by atoms with E-state index in [2.05, 4.69) is 11.7 Å². The van der Waals surface area contributed by atoms with Crippen molar-refractivity contribution >= 4 is 0 Å². The molecule has 1 aromatic carbocycles. The van der Waals surface area contributed by atoms with Crippen LogP contribution in [0.2, 0.25) is 0 Å². The Bertz CT molecular complexity index is 653. The van der Waals surface area contributed by atoms with Crippen LogP contribution >= 0.6 is 0 Å². The maximum absolute atomic E-state index is 14.1. The number of rotatable bonds is 7. The number of nitrogens with zero attached hydrogens (tertiary/aromatic N) is 2. The first kappa shape index (κ1) is 16.1. The zero-order chi connectivity index (χ0) is 16.1. The Labute approximate surface area is 127 Å². The summed E-state index contributed by atoms with van der Waals surface area (Å²) in [4.78, 5) is 0. The number of hydrogen-bond donors (Lipinski definition) is 0. The number of alkyl halides is 2. The molecule has 0 amide bonds. The van der Waals surface area contributed by atoms with E-state index in [1.54, 1.807) is 18.2 Å². The molecule has 0 unspecified atom stereocenters. The number of benzene rings is 1. The van der Waals surface area contributed by atoms with Crippen LogP contribution in [0.15, 0.2) is 37.1 Å². The van der Waals surface area contributed by atoms with E-state index in [4.69, 9.17) is 4.74 Å². The number of halogens is 3. The first-order valence-electron chi connectivity index (χ1n) is 6.93. The van der Waals surface area contributed by atoms with Crippen molar-refractivity contribution in [2.24, 2.45) is 0 Å². The minimum atomic E-state index is -2.71. The van der Waals surface area contributed by atoms with Gasteiger partial charge < -0.3 is 4.74 Å².